The third-order valence-electron chi connectivity index (χ3n) is 5.59. The van der Waals surface area contributed by atoms with Crippen LogP contribution in [0.15, 0.2) is 47.7 Å². The number of ether oxygens (including phenoxy) is 1. The van der Waals surface area contributed by atoms with E-state index in [1.54, 1.807) is 7.11 Å². The minimum Gasteiger partial charge on any atom is -0.383 e. The van der Waals surface area contributed by atoms with E-state index in [1.165, 1.54) is 18.4 Å². The van der Waals surface area contributed by atoms with Gasteiger partial charge in [-0.15, -0.1) is 24.0 Å². The topological polar surface area (TPSA) is 57.9 Å². The molecule has 0 unspecified atom stereocenters. The number of para-hydroxylation sites is 1. The molecule has 8 heteroatoms. The monoisotopic (exact) mass is 540 g/mol. The van der Waals surface area contributed by atoms with E-state index in [2.05, 4.69) is 52.5 Å². The Morgan fingerprint density at radius 2 is 2.00 bits per heavy atom. The van der Waals surface area contributed by atoms with Gasteiger partial charge < -0.3 is 19.9 Å². The third kappa shape index (κ3) is 8.08. The number of guanidine groups is 1. The van der Waals surface area contributed by atoms with E-state index >= 15 is 0 Å². The first-order valence-electron chi connectivity index (χ1n) is 11.0. The van der Waals surface area contributed by atoms with Gasteiger partial charge in [-0.2, -0.15) is 5.10 Å². The van der Waals surface area contributed by atoms with Crippen LogP contribution in [0, 0.1) is 5.92 Å². The first-order chi connectivity index (χ1) is 14.7. The molecule has 172 valence electrons. The zero-order valence-corrected chi connectivity index (χ0v) is 21.4. The van der Waals surface area contributed by atoms with Gasteiger partial charge in [0, 0.05) is 52.1 Å². The summed E-state index contributed by atoms with van der Waals surface area (Å²) in [6.07, 6.45) is 6.44. The minimum atomic E-state index is 0. The van der Waals surface area contributed by atoms with Gasteiger partial charge in [0.2, 0.25) is 0 Å². The Bertz CT molecular complexity index is 773. The van der Waals surface area contributed by atoms with Crippen LogP contribution in [0.3, 0.4) is 0 Å². The Morgan fingerprint density at radius 3 is 2.68 bits per heavy atom. The van der Waals surface area contributed by atoms with E-state index < -0.39 is 0 Å². The lowest BCUT2D eigenvalue weighted by molar-refractivity contribution is 0.121. The number of hydrogen-bond donors (Lipinski definition) is 1. The first kappa shape index (κ1) is 25.6. The molecule has 0 amide bonds. The summed E-state index contributed by atoms with van der Waals surface area (Å²) in [5.74, 6) is 1.62. The molecular weight excluding hydrogens is 503 g/mol. The van der Waals surface area contributed by atoms with E-state index in [0.29, 0.717) is 5.92 Å². The van der Waals surface area contributed by atoms with Crippen LogP contribution >= 0.6 is 24.0 Å². The molecule has 0 saturated carbocycles. The predicted molar refractivity (Wildman–Crippen MR) is 137 cm³/mol. The molecule has 0 radical (unpaired) electrons. The van der Waals surface area contributed by atoms with Gasteiger partial charge in [0.1, 0.15) is 0 Å². The molecule has 0 aliphatic carbocycles. The fraction of sp³-hybridized carbons (Fsp3) is 0.565. The van der Waals surface area contributed by atoms with Crippen molar-refractivity contribution in [1.82, 2.24) is 24.9 Å². The molecule has 1 aliphatic rings. The number of halogens is 1. The number of nitrogens with one attached hydrogen (secondary N) is 1. The van der Waals surface area contributed by atoms with Crippen LogP contribution in [0.4, 0.5) is 0 Å². The van der Waals surface area contributed by atoms with Crippen molar-refractivity contribution in [2.45, 2.75) is 26.3 Å². The molecule has 1 aromatic carbocycles. The molecule has 7 nitrogen and oxygen atoms in total. The number of benzene rings is 1. The Morgan fingerprint density at radius 1 is 1.26 bits per heavy atom. The zero-order chi connectivity index (χ0) is 21.2. The molecule has 1 aliphatic heterocycles. The van der Waals surface area contributed by atoms with Crippen LogP contribution in [0.1, 0.15) is 25.3 Å². The third-order valence-corrected chi connectivity index (χ3v) is 5.59. The fourth-order valence-corrected chi connectivity index (χ4v) is 3.81. The molecule has 0 atom stereocenters. The lowest BCUT2D eigenvalue weighted by Gasteiger charge is -2.31. The maximum absolute atomic E-state index is 5.20. The van der Waals surface area contributed by atoms with Gasteiger partial charge in [0.15, 0.2) is 5.96 Å². The maximum Gasteiger partial charge on any atom is 0.193 e. The molecule has 0 bridgehead atoms. The average molecular weight is 540 g/mol. The summed E-state index contributed by atoms with van der Waals surface area (Å²) in [4.78, 5) is 9.62. The van der Waals surface area contributed by atoms with Gasteiger partial charge in [0.25, 0.3) is 0 Å². The van der Waals surface area contributed by atoms with Gasteiger partial charge in [0.05, 0.1) is 18.5 Å². The highest BCUT2D eigenvalue weighted by atomic mass is 127. The van der Waals surface area contributed by atoms with E-state index in [9.17, 15) is 0 Å². The van der Waals surface area contributed by atoms with Gasteiger partial charge in [-0.3, -0.25) is 4.99 Å². The second-order valence-electron chi connectivity index (χ2n) is 7.96. The molecule has 1 fully saturated rings. The van der Waals surface area contributed by atoms with Crippen LogP contribution in [-0.4, -0.2) is 79.0 Å². The quantitative estimate of drug-likeness (QED) is 0.301. The van der Waals surface area contributed by atoms with Crippen molar-refractivity contribution < 1.29 is 4.74 Å². The van der Waals surface area contributed by atoms with Crippen LogP contribution in [0.5, 0.6) is 0 Å². The fourth-order valence-electron chi connectivity index (χ4n) is 3.81. The van der Waals surface area contributed by atoms with Crippen molar-refractivity contribution in [3.63, 3.8) is 0 Å². The zero-order valence-electron chi connectivity index (χ0n) is 19.0. The number of aliphatic imine (C=N–C) groups is 1. The highest BCUT2D eigenvalue weighted by Gasteiger charge is 2.19. The lowest BCUT2D eigenvalue weighted by Crippen LogP contribution is -2.40. The molecule has 1 aromatic heterocycles. The van der Waals surface area contributed by atoms with Crippen LogP contribution in [0.2, 0.25) is 0 Å². The van der Waals surface area contributed by atoms with Gasteiger partial charge in [-0.05, 0) is 50.9 Å². The second-order valence-corrected chi connectivity index (χ2v) is 7.96. The Balaban J connectivity index is 0.00000341. The predicted octanol–water partition coefficient (Wildman–Crippen LogP) is 3.25. The molecule has 1 N–H and O–H groups in total. The molecule has 3 rings (SSSR count). The number of piperidine rings is 1. The van der Waals surface area contributed by atoms with Crippen molar-refractivity contribution >= 4 is 29.9 Å². The van der Waals surface area contributed by atoms with Gasteiger partial charge in [-0.1, -0.05) is 18.2 Å². The molecule has 1 saturated heterocycles. The second kappa shape index (κ2) is 13.7. The number of aromatic nitrogens is 2. The highest BCUT2D eigenvalue weighted by molar-refractivity contribution is 14.0. The van der Waals surface area contributed by atoms with Gasteiger partial charge in [-0.25, -0.2) is 4.68 Å². The van der Waals surface area contributed by atoms with Crippen molar-refractivity contribution in [3.8, 4) is 5.69 Å². The standard InChI is InChI=1S/C23H36N6O.HI/c1-4-24-23(25-16-20-10-12-28(13-11-20)14-15-30-3)27(2)18-21-17-26-29(19-21)22-8-6-5-7-9-22;/h5-9,17,19-20H,4,10-16,18H2,1-3H3,(H,24,25);1H. The number of rotatable bonds is 9. The Labute approximate surface area is 203 Å². The van der Waals surface area contributed by atoms with Gasteiger partial charge >= 0.3 is 0 Å². The van der Waals surface area contributed by atoms with Crippen molar-refractivity contribution in [2.75, 3.05) is 53.5 Å². The van der Waals surface area contributed by atoms with Crippen molar-refractivity contribution in [3.05, 3.63) is 48.3 Å². The summed E-state index contributed by atoms with van der Waals surface area (Å²) in [6, 6.07) is 10.2. The maximum atomic E-state index is 5.20. The highest BCUT2D eigenvalue weighted by Crippen LogP contribution is 2.17. The average Bonchev–Trinajstić information content (AvgIpc) is 3.25. The van der Waals surface area contributed by atoms with E-state index in [4.69, 9.17) is 9.73 Å². The van der Waals surface area contributed by atoms with Crippen LogP contribution in [0.25, 0.3) is 5.69 Å². The molecule has 31 heavy (non-hydrogen) atoms. The number of hydrogen-bond acceptors (Lipinski definition) is 4. The molecule has 2 aromatic rings. The smallest absolute Gasteiger partial charge is 0.193 e. The summed E-state index contributed by atoms with van der Waals surface area (Å²) in [6.45, 7) is 8.78. The summed E-state index contributed by atoms with van der Waals surface area (Å²) in [5, 5.41) is 7.95. The molecular formula is C23H37IN6O. The number of methoxy groups -OCH3 is 1. The SMILES string of the molecule is CCNC(=NCC1CCN(CCOC)CC1)N(C)Cc1cnn(-c2ccccc2)c1.I. The number of nitrogens with zero attached hydrogens (tertiary/aromatic N) is 5. The summed E-state index contributed by atoms with van der Waals surface area (Å²) in [5.41, 5.74) is 2.24. The number of likely N-dealkylation sites (tertiary alicyclic amines) is 1. The Hall–Kier alpha value is -1.65. The molecule has 2 heterocycles. The van der Waals surface area contributed by atoms with E-state index in [0.717, 1.165) is 57.5 Å². The normalized spacial score (nSPS) is 15.5. The first-order valence-corrected chi connectivity index (χ1v) is 11.0. The van der Waals surface area contributed by atoms with Crippen molar-refractivity contribution in [1.29, 1.82) is 0 Å². The van der Waals surface area contributed by atoms with E-state index in [1.807, 2.05) is 29.1 Å². The summed E-state index contributed by atoms with van der Waals surface area (Å²) >= 11 is 0. The minimum absolute atomic E-state index is 0. The van der Waals surface area contributed by atoms with Crippen LogP contribution < -0.4 is 5.32 Å². The summed E-state index contributed by atoms with van der Waals surface area (Å²) in [7, 11) is 3.86. The lowest BCUT2D eigenvalue weighted by atomic mass is 9.97. The van der Waals surface area contributed by atoms with Crippen molar-refractivity contribution in [2.24, 2.45) is 10.9 Å². The summed E-state index contributed by atoms with van der Waals surface area (Å²) < 4.78 is 7.12. The van der Waals surface area contributed by atoms with Crippen LogP contribution in [-0.2, 0) is 11.3 Å². The molecule has 0 spiro atoms. The Kier molecular flexibility index (Phi) is 11.3. The van der Waals surface area contributed by atoms with E-state index in [-0.39, 0.29) is 24.0 Å². The largest absolute Gasteiger partial charge is 0.383 e.